The molecule has 3 nitrogen and oxygen atoms in total. The summed E-state index contributed by atoms with van der Waals surface area (Å²) < 4.78 is 22.0. The van der Waals surface area contributed by atoms with E-state index >= 15 is 0 Å². The lowest BCUT2D eigenvalue weighted by Gasteiger charge is -1.36. The van der Waals surface area contributed by atoms with E-state index in [0.29, 0.717) is 0 Å². The van der Waals surface area contributed by atoms with Gasteiger partial charge in [-0.3, -0.25) is 0 Å². The van der Waals surface area contributed by atoms with Gasteiger partial charge in [0.2, 0.25) is 0 Å². The third-order valence-electron chi connectivity index (χ3n) is 0. The summed E-state index contributed by atoms with van der Waals surface area (Å²) in [6.07, 6.45) is 0. The van der Waals surface area contributed by atoms with Crippen molar-refractivity contribution >= 4 is 20.1 Å². The molecule has 0 spiro atoms. The Hall–Kier alpha value is 0.290. The van der Waals surface area contributed by atoms with Gasteiger partial charge in [-0.1, -0.05) is 0 Å². The minimum atomic E-state index is -3.26. The lowest BCUT2D eigenvalue weighted by Crippen LogP contribution is -1.58. The van der Waals surface area contributed by atoms with Crippen molar-refractivity contribution < 1.29 is 6.14 Å². The minimum absolute atomic E-state index is 3.26. The third kappa shape index (κ3) is 45.3. The smallest absolute Gasteiger partial charge is 0.222 e. The zero-order valence-electron chi connectivity index (χ0n) is 1.77. The highest BCUT2D eigenvalue weighted by atomic mass is 127. The predicted octanol–water partition coefficient (Wildman–Crippen LogP) is 0.0575. The highest BCUT2D eigenvalue weighted by molar-refractivity contribution is 14.2. The van der Waals surface area contributed by atoms with E-state index in [-0.39, 0.29) is 0 Å². The first-order valence-corrected chi connectivity index (χ1v) is 3.53. The highest BCUT2D eigenvalue weighted by Crippen LogP contribution is 1.77. The number of halogens is 1. The molecular weight excluding hydrogens is 173 g/mol. The third-order valence-corrected chi connectivity index (χ3v) is 0. The molecule has 0 unspecified atom stereocenters. The quantitative estimate of drug-likeness (QED) is 0.418. The molecule has 0 aliphatic carbocycles. The van der Waals surface area contributed by atoms with Gasteiger partial charge in [0, 0.05) is 0 Å². The Morgan fingerprint density at radius 1 is 1.50 bits per heavy atom. The largest absolute Gasteiger partial charge is 0.386 e. The monoisotopic (exact) mass is 175 g/mol. The molecule has 0 aromatic carbocycles. The van der Waals surface area contributed by atoms with Gasteiger partial charge >= 0.3 is 20.1 Å². The zero-order chi connectivity index (χ0) is 3.58. The van der Waals surface area contributed by atoms with E-state index < -0.39 is 20.1 Å². The lowest BCUT2D eigenvalue weighted by atomic mass is 14.0. The van der Waals surface area contributed by atoms with Crippen LogP contribution in [0.1, 0.15) is 0 Å². The number of rotatable bonds is 0. The molecule has 0 aromatic rings. The van der Waals surface area contributed by atoms with E-state index in [9.17, 15) is 0 Å². The molecule has 0 heterocycles. The van der Waals surface area contributed by atoms with Crippen molar-refractivity contribution in [2.45, 2.75) is 0 Å². The van der Waals surface area contributed by atoms with E-state index in [0.717, 1.165) is 0 Å². The van der Waals surface area contributed by atoms with Crippen LogP contribution < -0.4 is 3.95 Å². The molecule has 0 radical (unpaired) electrons. The van der Waals surface area contributed by atoms with Crippen molar-refractivity contribution in [1.82, 2.24) is 0 Å². The number of hydrogen-bond donors (Lipinski definition) is 1. The Balaban J connectivity index is 3.51. The maximum Gasteiger partial charge on any atom is 0.386 e. The summed E-state index contributed by atoms with van der Waals surface area (Å²) in [5, 5.41) is 0. The Kier molecular flexibility index (Phi) is 1.71. The van der Waals surface area contributed by atoms with Crippen LogP contribution in [0.4, 0.5) is 0 Å². The first kappa shape index (κ1) is 4.29. The minimum Gasteiger partial charge on any atom is -0.222 e. The Morgan fingerprint density at radius 3 is 1.50 bits per heavy atom. The fourth-order valence-electron chi connectivity index (χ4n) is 0. The van der Waals surface area contributed by atoms with E-state index in [4.69, 9.17) is 6.14 Å². The molecule has 0 atom stereocenters. The summed E-state index contributed by atoms with van der Waals surface area (Å²) in [5.74, 6) is 0. The van der Waals surface area contributed by atoms with Crippen LogP contribution in [0.3, 0.4) is 0 Å². The van der Waals surface area contributed by atoms with Crippen LogP contribution in [0.25, 0.3) is 0 Å². The van der Waals surface area contributed by atoms with Gasteiger partial charge in [0.05, 0.1) is 0 Å². The van der Waals surface area contributed by atoms with E-state index in [1.54, 1.807) is 0 Å². The van der Waals surface area contributed by atoms with E-state index in [1.807, 2.05) is 0 Å². The molecule has 0 aliphatic rings. The van der Waals surface area contributed by atoms with Crippen LogP contribution in [-0.2, 0) is 6.14 Å². The predicted molar refractivity (Wildman–Crippen MR) is 19.6 cm³/mol. The molecule has 4 heavy (non-hydrogen) atoms. The second-order valence-electron chi connectivity index (χ2n) is 0.241. The van der Waals surface area contributed by atoms with Crippen LogP contribution in [0.2, 0.25) is 0 Å². The fourth-order valence-corrected chi connectivity index (χ4v) is 0. The van der Waals surface area contributed by atoms with Crippen molar-refractivity contribution in [2.75, 3.05) is 0 Å². The van der Waals surface area contributed by atoms with Crippen LogP contribution in [0, 0.1) is 0 Å². The van der Waals surface area contributed by atoms with Gasteiger partial charge in [-0.25, -0.2) is 10.1 Å². The molecule has 0 aliphatic heterocycles. The Morgan fingerprint density at radius 2 is 1.50 bits per heavy atom. The van der Waals surface area contributed by atoms with Gasteiger partial charge in [0.15, 0.2) is 0 Å². The maximum atomic E-state index is 8.91. The van der Waals surface area contributed by atoms with Gasteiger partial charge in [0.25, 0.3) is 0 Å². The van der Waals surface area contributed by atoms with Gasteiger partial charge < -0.3 is 0 Å². The Bertz CT molecular complexity index is 54.4. The van der Waals surface area contributed by atoms with E-state index in [2.05, 4.69) is 3.95 Å². The first-order chi connectivity index (χ1) is 1.73. The van der Waals surface area contributed by atoms with E-state index in [1.165, 1.54) is 0 Å². The molecule has 0 aromatic heterocycles. The molecule has 0 saturated heterocycles. The van der Waals surface area contributed by atoms with Gasteiger partial charge in [-0.2, -0.15) is 0 Å². The summed E-state index contributed by atoms with van der Waals surface area (Å²) in [4.78, 5) is 0. The van der Waals surface area contributed by atoms with Crippen molar-refractivity contribution in [2.24, 2.45) is 3.95 Å². The lowest BCUT2D eigenvalue weighted by molar-refractivity contribution is 0.610. The first-order valence-electron chi connectivity index (χ1n) is 0.527. The van der Waals surface area contributed by atoms with Crippen LogP contribution >= 0.6 is 20.1 Å². The normalized spacial score (nSPS) is 8.50. The second-order valence-corrected chi connectivity index (χ2v) is 1.62. The molecule has 0 fully saturated rings. The summed E-state index contributed by atoms with van der Waals surface area (Å²) >= 11 is -3.26. The molecule has 0 amide bonds. The standard InChI is InChI=1S/H2INO2/c2-1(3)4/h(H2,2,3,4). The van der Waals surface area contributed by atoms with Gasteiger partial charge in [-0.15, -0.1) is 0 Å². The maximum absolute atomic E-state index is 8.91. The highest BCUT2D eigenvalue weighted by Gasteiger charge is 1.53. The average Bonchev–Trinajstić information content (AvgIpc) is 0.811. The average molecular weight is 175 g/mol. The van der Waals surface area contributed by atoms with Gasteiger partial charge in [0.1, 0.15) is 0 Å². The van der Waals surface area contributed by atoms with Crippen molar-refractivity contribution in [3.63, 3.8) is 0 Å². The molecular formula is H2INO2. The summed E-state index contributed by atoms with van der Waals surface area (Å²) in [6.45, 7) is 0. The van der Waals surface area contributed by atoms with Crippen LogP contribution in [-0.4, -0.2) is 0 Å². The van der Waals surface area contributed by atoms with Crippen molar-refractivity contribution in [1.29, 1.82) is 0 Å². The summed E-state index contributed by atoms with van der Waals surface area (Å²) in [6, 6.07) is 0. The van der Waals surface area contributed by atoms with Crippen LogP contribution in [0.15, 0.2) is 0 Å². The summed E-state index contributed by atoms with van der Waals surface area (Å²) in [5.41, 5.74) is 0. The molecule has 26 valence electrons. The molecule has 0 saturated carbocycles. The van der Waals surface area contributed by atoms with Gasteiger partial charge in [-0.05, 0) is 0 Å². The molecule has 4 heteroatoms. The second kappa shape index (κ2) is 1.59. The topological polar surface area (TPSA) is 60.2 Å². The van der Waals surface area contributed by atoms with Crippen LogP contribution in [0.5, 0.6) is 0 Å². The number of nitrogens with two attached hydrogens (primary N) is 1. The number of hydrogen-bond acceptors (Lipinski definition) is 2. The molecule has 2 N–H and O–H groups in total. The fraction of sp³-hybridized carbons (Fsp3) is 0. The van der Waals surface area contributed by atoms with Crippen molar-refractivity contribution in [3.05, 3.63) is 0 Å². The Labute approximate surface area is 30.7 Å². The summed E-state index contributed by atoms with van der Waals surface area (Å²) in [7, 11) is 0. The SMILES string of the molecule is NI(=O)=O. The molecule has 0 rings (SSSR count). The van der Waals surface area contributed by atoms with Crippen molar-refractivity contribution in [3.8, 4) is 0 Å². The molecule has 0 bridgehead atoms. The zero-order valence-corrected chi connectivity index (χ0v) is 3.93.